The molecule has 1 aromatic rings. The van der Waals surface area contributed by atoms with Gasteiger partial charge in [0.2, 0.25) is 0 Å². The van der Waals surface area contributed by atoms with Gasteiger partial charge in [-0.2, -0.15) is 0 Å². The highest BCUT2D eigenvalue weighted by atomic mass is 16.6. The molecule has 0 radical (unpaired) electrons. The van der Waals surface area contributed by atoms with Gasteiger partial charge in [-0.1, -0.05) is 77.3 Å². The summed E-state index contributed by atoms with van der Waals surface area (Å²) in [5.74, 6) is 0. The zero-order chi connectivity index (χ0) is 21.3. The maximum absolute atomic E-state index is 12.1. The number of hydrogen-bond donors (Lipinski definition) is 2. The molecule has 0 atom stereocenters. The molecule has 2 N–H and O–H groups in total. The lowest BCUT2D eigenvalue weighted by molar-refractivity contribution is 0.157. The van der Waals surface area contributed by atoms with E-state index in [0.29, 0.717) is 24.6 Å². The number of carbonyl (C=O) groups is 2. The predicted octanol–water partition coefficient (Wildman–Crippen LogP) is 7.03. The van der Waals surface area contributed by atoms with Gasteiger partial charge in [-0.3, -0.25) is 10.6 Å². The zero-order valence-electron chi connectivity index (χ0n) is 18.4. The topological polar surface area (TPSA) is 76.7 Å². The van der Waals surface area contributed by atoms with Crippen LogP contribution in [0.25, 0.3) is 0 Å². The fraction of sp³-hybridized carbons (Fsp3) is 0.652. The van der Waals surface area contributed by atoms with Crippen LogP contribution in [0.3, 0.4) is 0 Å². The Morgan fingerprint density at radius 2 is 1.28 bits per heavy atom. The quantitative estimate of drug-likeness (QED) is 0.325. The fourth-order valence-electron chi connectivity index (χ4n) is 2.96. The van der Waals surface area contributed by atoms with Gasteiger partial charge in [0, 0.05) is 0 Å². The molecule has 1 aromatic carbocycles. The molecule has 0 aliphatic rings. The minimum absolute atomic E-state index is 0.393. The molecule has 0 heterocycles. The lowest BCUT2D eigenvalue weighted by Gasteiger charge is -2.15. The SMILES string of the molecule is CCCCCCCOC(=O)Nc1cccc(C)c1NC(=O)OCCCCCCC. The van der Waals surface area contributed by atoms with E-state index >= 15 is 0 Å². The molecule has 0 bridgehead atoms. The monoisotopic (exact) mass is 406 g/mol. The summed E-state index contributed by atoms with van der Waals surface area (Å²) in [6.07, 6.45) is 9.91. The Morgan fingerprint density at radius 1 is 0.759 bits per heavy atom. The van der Waals surface area contributed by atoms with E-state index in [1.54, 1.807) is 6.07 Å². The van der Waals surface area contributed by atoms with Gasteiger partial charge in [0.1, 0.15) is 0 Å². The number of rotatable bonds is 14. The third-order valence-electron chi connectivity index (χ3n) is 4.70. The Labute approximate surface area is 175 Å². The highest BCUT2D eigenvalue weighted by molar-refractivity contribution is 5.96. The normalized spacial score (nSPS) is 10.4. The first-order valence-electron chi connectivity index (χ1n) is 11.1. The van der Waals surface area contributed by atoms with Crippen LogP contribution in [0.2, 0.25) is 0 Å². The minimum atomic E-state index is -0.515. The van der Waals surface area contributed by atoms with E-state index in [0.717, 1.165) is 44.1 Å². The van der Waals surface area contributed by atoms with Crippen molar-refractivity contribution < 1.29 is 19.1 Å². The highest BCUT2D eigenvalue weighted by Crippen LogP contribution is 2.26. The van der Waals surface area contributed by atoms with Crippen molar-refractivity contribution in [1.82, 2.24) is 0 Å². The summed E-state index contributed by atoms with van der Waals surface area (Å²) in [7, 11) is 0. The van der Waals surface area contributed by atoms with E-state index in [2.05, 4.69) is 24.5 Å². The van der Waals surface area contributed by atoms with Gasteiger partial charge in [0.25, 0.3) is 0 Å². The van der Waals surface area contributed by atoms with Gasteiger partial charge in [0.05, 0.1) is 24.6 Å². The smallest absolute Gasteiger partial charge is 0.411 e. The summed E-state index contributed by atoms with van der Waals surface area (Å²) in [6, 6.07) is 5.42. The number of benzene rings is 1. The van der Waals surface area contributed by atoms with Gasteiger partial charge < -0.3 is 9.47 Å². The van der Waals surface area contributed by atoms with E-state index in [4.69, 9.17) is 9.47 Å². The van der Waals surface area contributed by atoms with Crippen molar-refractivity contribution in [2.45, 2.75) is 85.0 Å². The van der Waals surface area contributed by atoms with E-state index < -0.39 is 12.2 Å². The molecule has 0 aliphatic carbocycles. The Balaban J connectivity index is 2.43. The van der Waals surface area contributed by atoms with Crippen LogP contribution in [-0.2, 0) is 9.47 Å². The van der Waals surface area contributed by atoms with Crippen LogP contribution < -0.4 is 10.6 Å². The molecule has 0 saturated carbocycles. The van der Waals surface area contributed by atoms with Crippen molar-refractivity contribution >= 4 is 23.6 Å². The third-order valence-corrected chi connectivity index (χ3v) is 4.70. The zero-order valence-corrected chi connectivity index (χ0v) is 18.4. The lowest BCUT2D eigenvalue weighted by atomic mass is 10.1. The number of unbranched alkanes of at least 4 members (excludes halogenated alkanes) is 8. The van der Waals surface area contributed by atoms with Gasteiger partial charge in [-0.25, -0.2) is 9.59 Å². The first-order chi connectivity index (χ1) is 14.1. The van der Waals surface area contributed by atoms with Crippen molar-refractivity contribution in [3.05, 3.63) is 23.8 Å². The minimum Gasteiger partial charge on any atom is -0.449 e. The Hall–Kier alpha value is -2.24. The van der Waals surface area contributed by atoms with Gasteiger partial charge in [0.15, 0.2) is 0 Å². The van der Waals surface area contributed by atoms with Crippen molar-refractivity contribution in [3.63, 3.8) is 0 Å². The molecule has 2 amide bonds. The number of anilines is 2. The van der Waals surface area contributed by atoms with Gasteiger partial charge in [-0.15, -0.1) is 0 Å². The second kappa shape index (κ2) is 15.7. The van der Waals surface area contributed by atoms with E-state index in [9.17, 15) is 9.59 Å². The fourth-order valence-corrected chi connectivity index (χ4v) is 2.96. The number of hydrogen-bond acceptors (Lipinski definition) is 4. The summed E-state index contributed by atoms with van der Waals surface area (Å²) in [6.45, 7) is 6.99. The maximum atomic E-state index is 12.1. The maximum Gasteiger partial charge on any atom is 0.411 e. The summed E-state index contributed by atoms with van der Waals surface area (Å²) < 4.78 is 10.5. The van der Waals surface area contributed by atoms with E-state index in [1.807, 2.05) is 19.1 Å². The van der Waals surface area contributed by atoms with Crippen molar-refractivity contribution in [2.24, 2.45) is 0 Å². The largest absolute Gasteiger partial charge is 0.449 e. The first kappa shape index (κ1) is 24.8. The molecule has 164 valence electrons. The molecule has 6 nitrogen and oxygen atoms in total. The van der Waals surface area contributed by atoms with Crippen molar-refractivity contribution in [3.8, 4) is 0 Å². The Morgan fingerprint density at radius 3 is 1.83 bits per heavy atom. The molecule has 0 aromatic heterocycles. The Bertz CT molecular complexity index is 605. The molecule has 29 heavy (non-hydrogen) atoms. The van der Waals surface area contributed by atoms with Crippen LogP contribution in [0.1, 0.15) is 83.6 Å². The van der Waals surface area contributed by atoms with Gasteiger partial charge in [-0.05, 0) is 31.4 Å². The molecule has 0 aliphatic heterocycles. The molecule has 6 heteroatoms. The van der Waals surface area contributed by atoms with Crippen LogP contribution in [0, 0.1) is 6.92 Å². The average molecular weight is 407 g/mol. The number of nitrogens with one attached hydrogen (secondary N) is 2. The predicted molar refractivity (Wildman–Crippen MR) is 119 cm³/mol. The molecular formula is C23H38N2O4. The summed E-state index contributed by atoms with van der Waals surface area (Å²) in [5, 5.41) is 5.46. The molecule has 0 fully saturated rings. The third kappa shape index (κ3) is 11.4. The number of carbonyl (C=O) groups excluding carboxylic acids is 2. The average Bonchev–Trinajstić information content (AvgIpc) is 2.70. The number of amides is 2. The number of para-hydroxylation sites is 1. The second-order valence-corrected chi connectivity index (χ2v) is 7.35. The summed E-state index contributed by atoms with van der Waals surface area (Å²) in [5.41, 5.74) is 1.87. The van der Waals surface area contributed by atoms with E-state index in [-0.39, 0.29) is 0 Å². The van der Waals surface area contributed by atoms with Crippen molar-refractivity contribution in [2.75, 3.05) is 23.8 Å². The Kier molecular flexibility index (Phi) is 13.4. The first-order valence-corrected chi connectivity index (χ1v) is 11.1. The van der Waals surface area contributed by atoms with Crippen LogP contribution in [0.5, 0.6) is 0 Å². The van der Waals surface area contributed by atoms with Gasteiger partial charge >= 0.3 is 12.2 Å². The molecular weight excluding hydrogens is 368 g/mol. The van der Waals surface area contributed by atoms with E-state index in [1.165, 1.54) is 25.7 Å². The summed E-state index contributed by atoms with van der Waals surface area (Å²) in [4.78, 5) is 24.2. The standard InChI is InChI=1S/C23H38N2O4/c1-4-6-8-10-12-17-28-22(26)24-20-16-14-15-19(3)21(20)25-23(27)29-18-13-11-9-7-5-2/h14-16H,4-13,17-18H2,1-3H3,(H,24,26)(H,25,27). The molecule has 1 rings (SSSR count). The second-order valence-electron chi connectivity index (χ2n) is 7.35. The lowest BCUT2D eigenvalue weighted by Crippen LogP contribution is -2.19. The van der Waals surface area contributed by atoms with Crippen LogP contribution >= 0.6 is 0 Å². The number of ether oxygens (including phenoxy) is 2. The molecule has 0 saturated heterocycles. The summed E-state index contributed by atoms with van der Waals surface area (Å²) >= 11 is 0. The highest BCUT2D eigenvalue weighted by Gasteiger charge is 2.13. The van der Waals surface area contributed by atoms with Crippen molar-refractivity contribution in [1.29, 1.82) is 0 Å². The number of aryl methyl sites for hydroxylation is 1. The van der Waals surface area contributed by atoms with Crippen LogP contribution in [-0.4, -0.2) is 25.4 Å². The van der Waals surface area contributed by atoms with Crippen LogP contribution in [0.4, 0.5) is 21.0 Å². The van der Waals surface area contributed by atoms with Crippen LogP contribution in [0.15, 0.2) is 18.2 Å². The molecule has 0 spiro atoms. The molecule has 0 unspecified atom stereocenters.